The van der Waals surface area contributed by atoms with Crippen LogP contribution in [0.2, 0.25) is 0 Å². The minimum atomic E-state index is 0. The molecule has 0 saturated carbocycles. The van der Waals surface area contributed by atoms with Crippen LogP contribution in [0.4, 0.5) is 0 Å². The number of hydrogen-bond donors (Lipinski definition) is 1. The largest absolute Gasteiger partial charge is 0.355 e. The summed E-state index contributed by atoms with van der Waals surface area (Å²) in [5.74, 6) is 5.61. The van der Waals surface area contributed by atoms with Crippen molar-refractivity contribution in [2.75, 3.05) is 63.6 Å². The van der Waals surface area contributed by atoms with Gasteiger partial charge in [0.05, 0.1) is 0 Å². The van der Waals surface area contributed by atoms with E-state index in [0.717, 1.165) is 43.3 Å². The van der Waals surface area contributed by atoms with Gasteiger partial charge in [0.2, 0.25) is 0 Å². The van der Waals surface area contributed by atoms with E-state index in [1.807, 2.05) is 7.05 Å². The molecule has 7 heteroatoms. The van der Waals surface area contributed by atoms with Crippen molar-refractivity contribution in [1.29, 1.82) is 0 Å². The van der Waals surface area contributed by atoms with E-state index in [0.29, 0.717) is 0 Å². The van der Waals surface area contributed by atoms with Gasteiger partial charge in [0.1, 0.15) is 0 Å². The summed E-state index contributed by atoms with van der Waals surface area (Å²) in [4.78, 5) is 9.48. The molecule has 0 bridgehead atoms. The Kier molecular flexibility index (Phi) is 10.6. The Bertz CT molecular complexity index is 336. The SMILES string of the molecule is CN=C(NCCN1CCSCC1)N1CCSC(C(C)C)C1.I. The van der Waals surface area contributed by atoms with Crippen molar-refractivity contribution in [2.45, 2.75) is 19.1 Å². The molecule has 22 heavy (non-hydrogen) atoms. The van der Waals surface area contributed by atoms with E-state index < -0.39 is 0 Å². The predicted molar refractivity (Wildman–Crippen MR) is 113 cm³/mol. The molecule has 2 heterocycles. The van der Waals surface area contributed by atoms with Crippen molar-refractivity contribution in [2.24, 2.45) is 10.9 Å². The van der Waals surface area contributed by atoms with Crippen LogP contribution in [-0.2, 0) is 0 Å². The van der Waals surface area contributed by atoms with E-state index in [1.54, 1.807) is 0 Å². The van der Waals surface area contributed by atoms with E-state index in [-0.39, 0.29) is 24.0 Å². The average molecular weight is 458 g/mol. The van der Waals surface area contributed by atoms with Gasteiger partial charge in [0, 0.05) is 68.8 Å². The molecule has 0 spiro atoms. The molecular formula is C15H31IN4S2. The van der Waals surface area contributed by atoms with E-state index in [2.05, 4.69) is 57.5 Å². The van der Waals surface area contributed by atoms with Gasteiger partial charge in [-0.2, -0.15) is 23.5 Å². The molecule has 2 rings (SSSR count). The smallest absolute Gasteiger partial charge is 0.193 e. The van der Waals surface area contributed by atoms with Gasteiger partial charge in [0.25, 0.3) is 0 Å². The van der Waals surface area contributed by atoms with Crippen molar-refractivity contribution < 1.29 is 0 Å². The molecule has 2 aliphatic heterocycles. The fourth-order valence-electron chi connectivity index (χ4n) is 2.75. The second kappa shape index (κ2) is 11.3. The Hall–Kier alpha value is 0.660. The Morgan fingerprint density at radius 2 is 1.95 bits per heavy atom. The molecule has 2 saturated heterocycles. The minimum Gasteiger partial charge on any atom is -0.355 e. The van der Waals surface area contributed by atoms with Crippen LogP contribution in [0.15, 0.2) is 4.99 Å². The predicted octanol–water partition coefficient (Wildman–Crippen LogP) is 2.30. The highest BCUT2D eigenvalue weighted by molar-refractivity contribution is 14.0. The Labute approximate surface area is 161 Å². The van der Waals surface area contributed by atoms with Crippen LogP contribution < -0.4 is 5.32 Å². The molecule has 1 unspecified atom stereocenters. The summed E-state index contributed by atoms with van der Waals surface area (Å²) in [6.45, 7) is 11.5. The summed E-state index contributed by atoms with van der Waals surface area (Å²) in [5.41, 5.74) is 0. The molecule has 2 aliphatic rings. The molecule has 0 amide bonds. The highest BCUT2D eigenvalue weighted by atomic mass is 127. The number of rotatable bonds is 4. The van der Waals surface area contributed by atoms with E-state index >= 15 is 0 Å². The summed E-state index contributed by atoms with van der Waals surface area (Å²) < 4.78 is 0. The van der Waals surface area contributed by atoms with Crippen LogP contribution in [0.3, 0.4) is 0 Å². The van der Waals surface area contributed by atoms with Crippen LogP contribution in [-0.4, -0.2) is 84.6 Å². The molecule has 4 nitrogen and oxygen atoms in total. The summed E-state index contributed by atoms with van der Waals surface area (Å²) in [6.07, 6.45) is 0. The van der Waals surface area contributed by atoms with E-state index in [1.165, 1.54) is 30.3 Å². The second-order valence-electron chi connectivity index (χ2n) is 6.03. The van der Waals surface area contributed by atoms with Gasteiger partial charge < -0.3 is 10.2 Å². The number of aliphatic imine (C=N–C) groups is 1. The summed E-state index contributed by atoms with van der Waals surface area (Å²) >= 11 is 4.19. The van der Waals surface area contributed by atoms with Crippen molar-refractivity contribution in [3.05, 3.63) is 0 Å². The fraction of sp³-hybridized carbons (Fsp3) is 0.933. The van der Waals surface area contributed by atoms with Gasteiger partial charge in [-0.05, 0) is 5.92 Å². The number of thioether (sulfide) groups is 2. The van der Waals surface area contributed by atoms with Gasteiger partial charge in [-0.15, -0.1) is 24.0 Å². The Balaban J connectivity index is 0.00000242. The highest BCUT2D eigenvalue weighted by Crippen LogP contribution is 2.24. The van der Waals surface area contributed by atoms with Gasteiger partial charge in [0.15, 0.2) is 5.96 Å². The van der Waals surface area contributed by atoms with Gasteiger partial charge in [-0.25, -0.2) is 0 Å². The summed E-state index contributed by atoms with van der Waals surface area (Å²) in [6, 6.07) is 0. The third-order valence-corrected chi connectivity index (χ3v) is 6.65. The maximum absolute atomic E-state index is 4.49. The first-order valence-corrected chi connectivity index (χ1v) is 10.3. The third kappa shape index (κ3) is 6.65. The Morgan fingerprint density at radius 3 is 2.59 bits per heavy atom. The topological polar surface area (TPSA) is 30.9 Å². The molecule has 0 aromatic carbocycles. The van der Waals surface area contributed by atoms with Crippen LogP contribution in [0, 0.1) is 5.92 Å². The van der Waals surface area contributed by atoms with Crippen molar-refractivity contribution in [3.63, 3.8) is 0 Å². The maximum atomic E-state index is 4.49. The molecule has 1 atom stereocenters. The minimum absolute atomic E-state index is 0. The lowest BCUT2D eigenvalue weighted by atomic mass is 10.1. The van der Waals surface area contributed by atoms with Crippen LogP contribution in [0.5, 0.6) is 0 Å². The molecular weight excluding hydrogens is 427 g/mol. The Morgan fingerprint density at radius 1 is 1.23 bits per heavy atom. The first kappa shape index (κ1) is 20.7. The number of guanidine groups is 1. The zero-order valence-corrected chi connectivity index (χ0v) is 18.0. The normalized spacial score (nSPS) is 24.3. The molecule has 0 aliphatic carbocycles. The number of hydrogen-bond acceptors (Lipinski definition) is 4. The van der Waals surface area contributed by atoms with Crippen LogP contribution >= 0.6 is 47.5 Å². The van der Waals surface area contributed by atoms with Gasteiger partial charge in [-0.3, -0.25) is 9.89 Å². The monoisotopic (exact) mass is 458 g/mol. The van der Waals surface area contributed by atoms with Gasteiger partial charge in [-0.1, -0.05) is 13.8 Å². The average Bonchev–Trinajstić information content (AvgIpc) is 2.52. The summed E-state index contributed by atoms with van der Waals surface area (Å²) in [5, 5.41) is 4.30. The molecule has 130 valence electrons. The molecule has 0 radical (unpaired) electrons. The lowest BCUT2D eigenvalue weighted by Gasteiger charge is -2.36. The first-order chi connectivity index (χ1) is 10.2. The van der Waals surface area contributed by atoms with E-state index in [4.69, 9.17) is 0 Å². The molecule has 0 aromatic heterocycles. The highest BCUT2D eigenvalue weighted by Gasteiger charge is 2.24. The zero-order chi connectivity index (χ0) is 15.1. The van der Waals surface area contributed by atoms with Crippen LogP contribution in [0.25, 0.3) is 0 Å². The van der Waals surface area contributed by atoms with Crippen molar-refractivity contribution >= 4 is 53.5 Å². The maximum Gasteiger partial charge on any atom is 0.193 e. The lowest BCUT2D eigenvalue weighted by Crippen LogP contribution is -2.50. The number of nitrogens with zero attached hydrogens (tertiary/aromatic N) is 3. The molecule has 1 N–H and O–H groups in total. The number of halogens is 1. The van der Waals surface area contributed by atoms with E-state index in [9.17, 15) is 0 Å². The van der Waals surface area contributed by atoms with Crippen molar-refractivity contribution in [1.82, 2.24) is 15.1 Å². The fourth-order valence-corrected chi connectivity index (χ4v) is 5.03. The summed E-state index contributed by atoms with van der Waals surface area (Å²) in [7, 11) is 1.91. The lowest BCUT2D eigenvalue weighted by molar-refractivity contribution is 0.303. The molecule has 0 aromatic rings. The second-order valence-corrected chi connectivity index (χ2v) is 8.60. The first-order valence-electron chi connectivity index (χ1n) is 8.08. The number of nitrogens with one attached hydrogen (secondary N) is 1. The standard InChI is InChI=1S/C15H30N4S2.HI/c1-13(2)14-12-19(8-11-21-14)15(16-3)17-4-5-18-6-9-20-10-7-18;/h13-14H,4-12H2,1-3H3,(H,16,17);1H. The third-order valence-electron chi connectivity index (χ3n) is 4.16. The van der Waals surface area contributed by atoms with Gasteiger partial charge >= 0.3 is 0 Å². The van der Waals surface area contributed by atoms with Crippen LogP contribution in [0.1, 0.15) is 13.8 Å². The zero-order valence-electron chi connectivity index (χ0n) is 14.1. The molecule has 2 fully saturated rings. The van der Waals surface area contributed by atoms with Crippen molar-refractivity contribution in [3.8, 4) is 0 Å². The quantitative estimate of drug-likeness (QED) is 0.397.